The van der Waals surface area contributed by atoms with Gasteiger partial charge in [-0.3, -0.25) is 0 Å². The fourth-order valence-corrected chi connectivity index (χ4v) is 1.37. The molecule has 3 N–H and O–H groups in total. The van der Waals surface area contributed by atoms with E-state index < -0.39 is 0 Å². The van der Waals surface area contributed by atoms with Crippen LogP contribution in [0, 0.1) is 6.92 Å². The van der Waals surface area contributed by atoms with Gasteiger partial charge in [0, 0.05) is 18.5 Å². The first-order valence-electron chi connectivity index (χ1n) is 3.86. The molecule has 8 heteroatoms. The van der Waals surface area contributed by atoms with Crippen LogP contribution in [0.1, 0.15) is 11.7 Å². The van der Waals surface area contributed by atoms with Crippen LogP contribution in [0.15, 0.2) is 4.52 Å². The predicted octanol–water partition coefficient (Wildman–Crippen LogP) is 0.424. The van der Waals surface area contributed by atoms with Crippen molar-refractivity contribution in [3.05, 3.63) is 11.7 Å². The van der Waals surface area contributed by atoms with E-state index in [1.54, 1.807) is 6.92 Å². The van der Waals surface area contributed by atoms with Crippen LogP contribution < -0.4 is 11.1 Å². The van der Waals surface area contributed by atoms with Gasteiger partial charge in [-0.2, -0.15) is 14.3 Å². The van der Waals surface area contributed by atoms with Crippen LogP contribution in [0.3, 0.4) is 0 Å². The Labute approximate surface area is 83.5 Å². The number of aryl methyl sites for hydroxylation is 1. The standard InChI is InChI=1S/C6H8N6OS/c1-3-9-4(11-13-3)2-8-6-10-5(7)12-14-6/h2H2,1H3,(H3,7,8,10,12). The Bertz CT molecular complexity index is 383. The molecule has 14 heavy (non-hydrogen) atoms. The lowest BCUT2D eigenvalue weighted by Crippen LogP contribution is -2.01. The molecule has 7 nitrogen and oxygen atoms in total. The number of aromatic nitrogens is 4. The van der Waals surface area contributed by atoms with Crippen LogP contribution in [0.2, 0.25) is 0 Å². The van der Waals surface area contributed by atoms with Gasteiger partial charge < -0.3 is 15.6 Å². The lowest BCUT2D eigenvalue weighted by molar-refractivity contribution is 0.388. The quantitative estimate of drug-likeness (QED) is 0.760. The zero-order chi connectivity index (χ0) is 9.97. The minimum Gasteiger partial charge on any atom is -0.367 e. The van der Waals surface area contributed by atoms with Gasteiger partial charge in [-0.15, -0.1) is 0 Å². The molecule has 0 saturated heterocycles. The summed E-state index contributed by atoms with van der Waals surface area (Å²) in [4.78, 5) is 7.94. The second-order valence-electron chi connectivity index (χ2n) is 2.54. The molecule has 0 amide bonds. The van der Waals surface area contributed by atoms with Crippen LogP contribution in [-0.2, 0) is 6.54 Å². The number of nitrogen functional groups attached to an aromatic ring is 1. The molecule has 2 aromatic rings. The third-order valence-electron chi connectivity index (χ3n) is 1.41. The Hall–Kier alpha value is -1.70. The van der Waals surface area contributed by atoms with E-state index in [2.05, 4.69) is 24.8 Å². The zero-order valence-electron chi connectivity index (χ0n) is 7.39. The van der Waals surface area contributed by atoms with E-state index in [0.29, 0.717) is 23.4 Å². The number of anilines is 2. The maximum Gasteiger partial charge on any atom is 0.233 e. The summed E-state index contributed by atoms with van der Waals surface area (Å²) < 4.78 is 8.62. The molecular formula is C6H8N6OS. The fraction of sp³-hybridized carbons (Fsp3) is 0.333. The van der Waals surface area contributed by atoms with Crippen molar-refractivity contribution >= 4 is 22.6 Å². The van der Waals surface area contributed by atoms with Crippen molar-refractivity contribution < 1.29 is 4.52 Å². The monoisotopic (exact) mass is 212 g/mol. The smallest absolute Gasteiger partial charge is 0.233 e. The van der Waals surface area contributed by atoms with E-state index in [4.69, 9.17) is 10.3 Å². The Morgan fingerprint density at radius 2 is 2.36 bits per heavy atom. The average molecular weight is 212 g/mol. The van der Waals surface area contributed by atoms with Gasteiger partial charge in [-0.05, 0) is 0 Å². The largest absolute Gasteiger partial charge is 0.367 e. The molecule has 0 atom stereocenters. The second-order valence-corrected chi connectivity index (χ2v) is 3.29. The van der Waals surface area contributed by atoms with Gasteiger partial charge in [0.05, 0.1) is 6.54 Å². The molecule has 0 unspecified atom stereocenters. The molecule has 0 bridgehead atoms. The molecule has 2 aromatic heterocycles. The number of nitrogens with one attached hydrogen (secondary N) is 1. The van der Waals surface area contributed by atoms with Gasteiger partial charge in [0.25, 0.3) is 0 Å². The molecule has 0 radical (unpaired) electrons. The summed E-state index contributed by atoms with van der Waals surface area (Å²) in [6.07, 6.45) is 0. The van der Waals surface area contributed by atoms with Gasteiger partial charge in [-0.25, -0.2) is 0 Å². The molecule has 2 rings (SSSR count). The molecule has 0 spiro atoms. The molecule has 0 aromatic carbocycles. The number of hydrogen-bond acceptors (Lipinski definition) is 8. The highest BCUT2D eigenvalue weighted by atomic mass is 32.1. The molecule has 0 aliphatic rings. The van der Waals surface area contributed by atoms with Crippen LogP contribution in [-0.4, -0.2) is 19.5 Å². The second kappa shape index (κ2) is 3.58. The van der Waals surface area contributed by atoms with E-state index in [1.807, 2.05) is 0 Å². The number of nitrogens with two attached hydrogens (primary N) is 1. The highest BCUT2D eigenvalue weighted by Crippen LogP contribution is 2.12. The minimum absolute atomic E-state index is 0.266. The van der Waals surface area contributed by atoms with Gasteiger partial charge in [0.2, 0.25) is 17.0 Å². The van der Waals surface area contributed by atoms with Crippen LogP contribution in [0.25, 0.3) is 0 Å². The molecular weight excluding hydrogens is 204 g/mol. The van der Waals surface area contributed by atoms with Crippen LogP contribution in [0.5, 0.6) is 0 Å². The third-order valence-corrected chi connectivity index (χ3v) is 2.10. The topological polar surface area (TPSA) is 103 Å². The maximum atomic E-state index is 5.35. The molecule has 2 heterocycles. The first kappa shape index (κ1) is 8.88. The van der Waals surface area contributed by atoms with Crippen molar-refractivity contribution in [2.24, 2.45) is 0 Å². The Morgan fingerprint density at radius 3 is 2.93 bits per heavy atom. The minimum atomic E-state index is 0.266. The fourth-order valence-electron chi connectivity index (χ4n) is 0.874. The lowest BCUT2D eigenvalue weighted by atomic mass is 10.6. The highest BCUT2D eigenvalue weighted by molar-refractivity contribution is 7.09. The molecule has 0 fully saturated rings. The number of rotatable bonds is 3. The Morgan fingerprint density at radius 1 is 1.50 bits per heavy atom. The van der Waals surface area contributed by atoms with Gasteiger partial charge in [0.15, 0.2) is 5.82 Å². The van der Waals surface area contributed by atoms with E-state index >= 15 is 0 Å². The van der Waals surface area contributed by atoms with Crippen molar-refractivity contribution in [3.63, 3.8) is 0 Å². The summed E-state index contributed by atoms with van der Waals surface area (Å²) in [6.45, 7) is 2.19. The van der Waals surface area contributed by atoms with Crippen molar-refractivity contribution in [1.29, 1.82) is 0 Å². The van der Waals surface area contributed by atoms with Gasteiger partial charge in [-0.1, -0.05) is 5.16 Å². The normalized spacial score (nSPS) is 10.4. The summed E-state index contributed by atoms with van der Waals surface area (Å²) >= 11 is 1.19. The molecule has 74 valence electrons. The average Bonchev–Trinajstić information content (AvgIpc) is 2.72. The first-order chi connectivity index (χ1) is 6.74. The van der Waals surface area contributed by atoms with Crippen molar-refractivity contribution in [3.8, 4) is 0 Å². The highest BCUT2D eigenvalue weighted by Gasteiger charge is 2.04. The summed E-state index contributed by atoms with van der Waals surface area (Å²) in [5, 5.41) is 7.33. The van der Waals surface area contributed by atoms with Crippen LogP contribution >= 0.6 is 11.5 Å². The van der Waals surface area contributed by atoms with E-state index in [1.165, 1.54) is 11.5 Å². The Balaban J connectivity index is 1.94. The van der Waals surface area contributed by atoms with E-state index in [0.717, 1.165) is 0 Å². The van der Waals surface area contributed by atoms with Crippen molar-refractivity contribution in [1.82, 2.24) is 19.5 Å². The predicted molar refractivity (Wildman–Crippen MR) is 50.7 cm³/mol. The molecule has 0 aliphatic heterocycles. The molecule has 0 aliphatic carbocycles. The third kappa shape index (κ3) is 1.96. The maximum absolute atomic E-state index is 5.35. The number of nitrogens with zero attached hydrogens (tertiary/aromatic N) is 4. The Kier molecular flexibility index (Phi) is 2.27. The van der Waals surface area contributed by atoms with Crippen molar-refractivity contribution in [2.45, 2.75) is 13.5 Å². The summed E-state index contributed by atoms with van der Waals surface area (Å²) in [5.41, 5.74) is 5.35. The SMILES string of the molecule is Cc1nc(CNc2nc(N)ns2)no1. The summed E-state index contributed by atoms with van der Waals surface area (Å²) in [6, 6.07) is 0. The lowest BCUT2D eigenvalue weighted by Gasteiger charge is -1.94. The number of hydrogen-bond donors (Lipinski definition) is 2. The zero-order valence-corrected chi connectivity index (χ0v) is 8.21. The van der Waals surface area contributed by atoms with E-state index in [9.17, 15) is 0 Å². The summed E-state index contributed by atoms with van der Waals surface area (Å²) in [5.74, 6) is 1.39. The first-order valence-corrected chi connectivity index (χ1v) is 4.63. The van der Waals surface area contributed by atoms with Crippen LogP contribution in [0.4, 0.5) is 11.1 Å². The summed E-state index contributed by atoms with van der Waals surface area (Å²) in [7, 11) is 0. The van der Waals surface area contributed by atoms with Gasteiger partial charge in [0.1, 0.15) is 0 Å². The van der Waals surface area contributed by atoms with Gasteiger partial charge >= 0.3 is 0 Å². The van der Waals surface area contributed by atoms with Crippen molar-refractivity contribution in [2.75, 3.05) is 11.1 Å². The molecule has 0 saturated carbocycles. The van der Waals surface area contributed by atoms with E-state index in [-0.39, 0.29) is 5.95 Å².